The van der Waals surface area contributed by atoms with Gasteiger partial charge < -0.3 is 10.2 Å². The third-order valence-corrected chi connectivity index (χ3v) is 5.98. The van der Waals surface area contributed by atoms with Crippen molar-refractivity contribution in [3.8, 4) is 0 Å². The van der Waals surface area contributed by atoms with E-state index < -0.39 is 0 Å². The predicted molar refractivity (Wildman–Crippen MR) is 121 cm³/mol. The summed E-state index contributed by atoms with van der Waals surface area (Å²) in [6.45, 7) is 5.25. The van der Waals surface area contributed by atoms with Crippen LogP contribution >= 0.6 is 39.9 Å². The molecule has 2 unspecified atom stereocenters. The lowest BCUT2D eigenvalue weighted by Crippen LogP contribution is -2.50. The first kappa shape index (κ1) is 21.0. The van der Waals surface area contributed by atoms with E-state index in [0.29, 0.717) is 10.9 Å². The van der Waals surface area contributed by atoms with Gasteiger partial charge in [0.05, 0.1) is 6.04 Å². The topological polar surface area (TPSA) is 27.6 Å². The number of benzene rings is 1. The van der Waals surface area contributed by atoms with Gasteiger partial charge in [0.1, 0.15) is 0 Å². The summed E-state index contributed by atoms with van der Waals surface area (Å²) < 4.78 is 0. The molecule has 0 saturated carbocycles. The highest BCUT2D eigenvalue weighted by Gasteiger charge is 2.31. The van der Waals surface area contributed by atoms with E-state index >= 15 is 0 Å². The molecule has 0 fully saturated rings. The molecule has 140 valence electrons. The van der Waals surface area contributed by atoms with Crippen LogP contribution in [0.25, 0.3) is 0 Å². The van der Waals surface area contributed by atoms with E-state index in [1.165, 1.54) is 43.2 Å². The Morgan fingerprint density at radius 2 is 2.12 bits per heavy atom. The van der Waals surface area contributed by atoms with Gasteiger partial charge in [0.15, 0.2) is 5.96 Å². The van der Waals surface area contributed by atoms with Gasteiger partial charge in [-0.05, 0) is 30.4 Å². The molecule has 2 aliphatic heterocycles. The van der Waals surface area contributed by atoms with Crippen molar-refractivity contribution in [2.45, 2.75) is 62.7 Å². The zero-order valence-corrected chi connectivity index (χ0v) is 19.1. The molecule has 1 aromatic rings. The number of hydrogen-bond donors (Lipinski definition) is 1. The summed E-state index contributed by atoms with van der Waals surface area (Å²) in [5, 5.41) is 3.62. The normalized spacial score (nSPS) is 20.0. The molecule has 0 spiro atoms. The molecular weight excluding hydrogens is 489 g/mol. The molecule has 0 aliphatic carbocycles. The maximum Gasteiger partial charge on any atom is 0.194 e. The van der Waals surface area contributed by atoms with Crippen LogP contribution in [0.2, 0.25) is 0 Å². The number of nitrogens with zero attached hydrogens (tertiary/aromatic N) is 2. The monoisotopic (exact) mass is 519 g/mol. The fraction of sp³-hybridized carbons (Fsp3) is 0.650. The van der Waals surface area contributed by atoms with Crippen molar-refractivity contribution in [1.82, 2.24) is 10.2 Å². The maximum absolute atomic E-state index is 4.78. The lowest BCUT2D eigenvalue weighted by Gasteiger charge is -2.42. The minimum Gasteiger partial charge on any atom is -0.355 e. The minimum atomic E-state index is 0. The number of halogens is 2. The molecule has 0 bridgehead atoms. The van der Waals surface area contributed by atoms with Gasteiger partial charge in [-0.25, -0.2) is 0 Å². The van der Waals surface area contributed by atoms with Gasteiger partial charge in [-0.15, -0.1) is 24.0 Å². The number of aliphatic imine (C=N–C) groups is 1. The van der Waals surface area contributed by atoms with Gasteiger partial charge in [-0.3, -0.25) is 4.99 Å². The first-order valence-electron chi connectivity index (χ1n) is 9.56. The summed E-state index contributed by atoms with van der Waals surface area (Å²) in [7, 11) is 0. The Hall–Kier alpha value is -0.300. The van der Waals surface area contributed by atoms with Gasteiger partial charge in [-0.2, -0.15) is 0 Å². The smallest absolute Gasteiger partial charge is 0.194 e. The van der Waals surface area contributed by atoms with Crippen LogP contribution < -0.4 is 5.32 Å². The highest BCUT2D eigenvalue weighted by molar-refractivity contribution is 14.0. The number of guanidine groups is 1. The van der Waals surface area contributed by atoms with Crippen LogP contribution in [-0.2, 0) is 6.42 Å². The largest absolute Gasteiger partial charge is 0.355 e. The summed E-state index contributed by atoms with van der Waals surface area (Å²) in [4.78, 5) is 7.80. The van der Waals surface area contributed by atoms with Gasteiger partial charge >= 0.3 is 0 Å². The number of unbranched alkanes of at least 4 members (excludes halogenated alkanes) is 3. The van der Waals surface area contributed by atoms with Crippen LogP contribution in [0.4, 0.5) is 0 Å². The molecule has 2 aliphatic rings. The molecule has 5 heteroatoms. The number of alkyl halides is 1. The molecule has 25 heavy (non-hydrogen) atoms. The Balaban J connectivity index is 0.00000225. The second-order valence-electron chi connectivity index (χ2n) is 6.98. The Morgan fingerprint density at radius 3 is 2.96 bits per heavy atom. The van der Waals surface area contributed by atoms with Crippen LogP contribution in [0.3, 0.4) is 0 Å². The lowest BCUT2D eigenvalue weighted by molar-refractivity contribution is 0.262. The fourth-order valence-electron chi connectivity index (χ4n) is 3.85. The summed E-state index contributed by atoms with van der Waals surface area (Å²) >= 11 is 3.83. The van der Waals surface area contributed by atoms with E-state index in [1.807, 2.05) is 0 Å². The lowest BCUT2D eigenvalue weighted by atomic mass is 9.90. The summed E-state index contributed by atoms with van der Waals surface area (Å²) in [6.07, 6.45) is 8.84. The van der Waals surface area contributed by atoms with Gasteiger partial charge in [-0.1, -0.05) is 72.8 Å². The molecule has 0 radical (unpaired) electrons. The van der Waals surface area contributed by atoms with Crippen LogP contribution in [0.5, 0.6) is 0 Å². The fourth-order valence-corrected chi connectivity index (χ4v) is 4.34. The average molecular weight is 520 g/mol. The second-order valence-corrected chi connectivity index (χ2v) is 8.27. The third kappa shape index (κ3) is 5.59. The molecule has 0 saturated heterocycles. The molecule has 2 atom stereocenters. The van der Waals surface area contributed by atoms with Crippen molar-refractivity contribution in [2.75, 3.05) is 19.6 Å². The van der Waals surface area contributed by atoms with E-state index in [-0.39, 0.29) is 24.0 Å². The summed E-state index contributed by atoms with van der Waals surface area (Å²) in [6, 6.07) is 9.44. The van der Waals surface area contributed by atoms with Gasteiger partial charge in [0.25, 0.3) is 0 Å². The standard InChI is InChI=1S/C20H30BrN3.HI/c1-2-3-4-5-9-17(21)15-23-20-22-13-11-19-18-10-7-6-8-16(18)12-14-24(19)20;/h6-8,10,17,19H,2-5,9,11-15H2,1H3,(H,22,23);1H. The van der Waals surface area contributed by atoms with Crippen LogP contribution in [0.1, 0.15) is 62.6 Å². The summed E-state index contributed by atoms with van der Waals surface area (Å²) in [5.74, 6) is 1.11. The highest BCUT2D eigenvalue weighted by atomic mass is 127. The second kappa shape index (κ2) is 10.8. The minimum absolute atomic E-state index is 0. The van der Waals surface area contributed by atoms with E-state index in [9.17, 15) is 0 Å². The summed E-state index contributed by atoms with van der Waals surface area (Å²) in [5.41, 5.74) is 3.03. The highest BCUT2D eigenvalue weighted by Crippen LogP contribution is 2.34. The molecule has 2 heterocycles. The number of rotatable bonds is 7. The Kier molecular flexibility index (Phi) is 9.03. The van der Waals surface area contributed by atoms with E-state index in [1.54, 1.807) is 0 Å². The van der Waals surface area contributed by atoms with Gasteiger partial charge in [0.2, 0.25) is 0 Å². The Labute approximate surface area is 178 Å². The predicted octanol–water partition coefficient (Wildman–Crippen LogP) is 5.29. The first-order valence-corrected chi connectivity index (χ1v) is 10.5. The quantitative estimate of drug-likeness (QED) is 0.301. The molecule has 1 aromatic carbocycles. The molecule has 0 aromatic heterocycles. The number of nitrogens with one attached hydrogen (secondary N) is 1. The Morgan fingerprint density at radius 1 is 1.28 bits per heavy atom. The molecule has 3 nitrogen and oxygen atoms in total. The van der Waals surface area contributed by atoms with Crippen molar-refractivity contribution in [2.24, 2.45) is 4.99 Å². The van der Waals surface area contributed by atoms with Crippen LogP contribution in [-0.4, -0.2) is 35.3 Å². The zero-order valence-electron chi connectivity index (χ0n) is 15.2. The van der Waals surface area contributed by atoms with Crippen molar-refractivity contribution in [1.29, 1.82) is 0 Å². The number of hydrogen-bond acceptors (Lipinski definition) is 3. The van der Waals surface area contributed by atoms with Crippen molar-refractivity contribution in [3.05, 3.63) is 35.4 Å². The first-order chi connectivity index (χ1) is 11.8. The average Bonchev–Trinajstić information content (AvgIpc) is 2.63. The molecule has 3 rings (SSSR count). The van der Waals surface area contributed by atoms with Crippen LogP contribution in [0.15, 0.2) is 29.3 Å². The van der Waals surface area contributed by atoms with Crippen molar-refractivity contribution >= 4 is 45.9 Å². The molecule has 1 N–H and O–H groups in total. The van der Waals surface area contributed by atoms with E-state index in [4.69, 9.17) is 4.99 Å². The van der Waals surface area contributed by atoms with E-state index in [0.717, 1.165) is 38.4 Å². The third-order valence-electron chi connectivity index (χ3n) is 5.20. The number of fused-ring (bicyclic) bond motifs is 3. The SMILES string of the molecule is CCCCCCC(Br)CNC1=NCCC2c3ccccc3CCN12.I. The van der Waals surface area contributed by atoms with E-state index in [2.05, 4.69) is 57.3 Å². The van der Waals surface area contributed by atoms with Crippen molar-refractivity contribution in [3.63, 3.8) is 0 Å². The van der Waals surface area contributed by atoms with Crippen LogP contribution in [0, 0.1) is 0 Å². The van der Waals surface area contributed by atoms with Gasteiger partial charge in [0, 0.05) is 24.5 Å². The maximum atomic E-state index is 4.78. The van der Waals surface area contributed by atoms with Crippen molar-refractivity contribution < 1.29 is 0 Å². The molecular formula is C20H31BrIN3. The zero-order chi connectivity index (χ0) is 16.8. The molecule has 0 amide bonds. The Bertz CT molecular complexity index is 564.